The molecule has 0 aliphatic rings. The van der Waals surface area contributed by atoms with E-state index in [0.717, 1.165) is 43.9 Å². The summed E-state index contributed by atoms with van der Waals surface area (Å²) in [5.41, 5.74) is 0. The van der Waals surface area contributed by atoms with Crippen LogP contribution < -0.4 is 0 Å². The van der Waals surface area contributed by atoms with Crippen molar-refractivity contribution in [3.63, 3.8) is 0 Å². The Morgan fingerprint density at radius 3 is 1.02 bits per heavy atom. The molecule has 0 spiro atoms. The Morgan fingerprint density at radius 1 is 0.440 bits per heavy atom. The molecule has 0 radical (unpaired) electrons. The lowest BCUT2D eigenvalue weighted by molar-refractivity contribution is -0.161. The van der Waals surface area contributed by atoms with Gasteiger partial charge >= 0.3 is 11.9 Å². The van der Waals surface area contributed by atoms with Gasteiger partial charge < -0.3 is 14.6 Å². The Morgan fingerprint density at radius 2 is 0.720 bits per heavy atom. The Hall–Kier alpha value is -1.10. The minimum Gasteiger partial charge on any atom is -0.462 e. The van der Waals surface area contributed by atoms with Gasteiger partial charge in [0.1, 0.15) is 6.61 Å². The number of esters is 2. The molecule has 3 atom stereocenters. The molecule has 5 heteroatoms. The van der Waals surface area contributed by atoms with Crippen molar-refractivity contribution in [2.75, 3.05) is 13.2 Å². The summed E-state index contributed by atoms with van der Waals surface area (Å²) in [6, 6.07) is 0. The van der Waals surface area contributed by atoms with E-state index in [1.54, 1.807) is 0 Å². The van der Waals surface area contributed by atoms with Crippen molar-refractivity contribution in [1.82, 2.24) is 0 Å². The second-order valence-electron chi connectivity index (χ2n) is 16.0. The topological polar surface area (TPSA) is 72.8 Å². The first-order valence-corrected chi connectivity index (χ1v) is 22.4. The SMILES string of the molecule is CCC(C)CCCCCCCCCCCCCCCCCCCCC(=O)OC[C@H](CO)OC(=O)CCCCCCCCCCCCC(C)CC. The van der Waals surface area contributed by atoms with Crippen LogP contribution in [0.4, 0.5) is 0 Å². The van der Waals surface area contributed by atoms with Crippen molar-refractivity contribution in [2.45, 2.75) is 252 Å². The van der Waals surface area contributed by atoms with Crippen LogP contribution in [0.15, 0.2) is 0 Å². The largest absolute Gasteiger partial charge is 0.462 e. The van der Waals surface area contributed by atoms with Gasteiger partial charge in [-0.05, 0) is 24.7 Å². The van der Waals surface area contributed by atoms with Crippen molar-refractivity contribution in [2.24, 2.45) is 11.8 Å². The summed E-state index contributed by atoms with van der Waals surface area (Å²) in [4.78, 5) is 24.3. The first-order valence-electron chi connectivity index (χ1n) is 22.4. The normalized spacial score (nSPS) is 13.3. The molecule has 0 aromatic rings. The third-order valence-corrected chi connectivity index (χ3v) is 11.0. The summed E-state index contributed by atoms with van der Waals surface area (Å²) in [5, 5.41) is 9.58. The van der Waals surface area contributed by atoms with Crippen molar-refractivity contribution >= 4 is 11.9 Å². The van der Waals surface area contributed by atoms with Crippen molar-refractivity contribution in [3.05, 3.63) is 0 Å². The fourth-order valence-corrected chi connectivity index (χ4v) is 6.80. The van der Waals surface area contributed by atoms with Crippen LogP contribution in [0, 0.1) is 11.8 Å². The number of rotatable bonds is 40. The lowest BCUT2D eigenvalue weighted by Crippen LogP contribution is -2.28. The Balaban J connectivity index is 3.46. The molecule has 0 saturated heterocycles. The number of aliphatic hydroxyl groups is 1. The summed E-state index contributed by atoms with van der Waals surface area (Å²) >= 11 is 0. The molecule has 0 rings (SSSR count). The van der Waals surface area contributed by atoms with Crippen molar-refractivity contribution in [3.8, 4) is 0 Å². The molecule has 0 aliphatic carbocycles. The number of hydrogen-bond acceptors (Lipinski definition) is 5. The first-order chi connectivity index (χ1) is 24.4. The number of hydrogen-bond donors (Lipinski definition) is 1. The average molecular weight is 709 g/mol. The van der Waals surface area contributed by atoms with Crippen LogP contribution >= 0.6 is 0 Å². The highest BCUT2D eigenvalue weighted by Gasteiger charge is 2.16. The van der Waals surface area contributed by atoms with Crippen LogP contribution in [-0.4, -0.2) is 36.4 Å². The van der Waals surface area contributed by atoms with Gasteiger partial charge in [0.15, 0.2) is 6.10 Å². The minimum atomic E-state index is -0.763. The second kappa shape index (κ2) is 39.1. The van der Waals surface area contributed by atoms with Crippen LogP contribution in [0.25, 0.3) is 0 Å². The summed E-state index contributed by atoms with van der Waals surface area (Å²) in [7, 11) is 0. The highest BCUT2D eigenvalue weighted by molar-refractivity contribution is 5.70. The summed E-state index contributed by atoms with van der Waals surface area (Å²) in [6.07, 6.45) is 41.6. The quantitative estimate of drug-likeness (QED) is 0.0507. The van der Waals surface area contributed by atoms with Gasteiger partial charge in [0, 0.05) is 12.8 Å². The van der Waals surface area contributed by atoms with Gasteiger partial charge in [-0.15, -0.1) is 0 Å². The van der Waals surface area contributed by atoms with E-state index in [4.69, 9.17) is 9.47 Å². The molecule has 5 nitrogen and oxygen atoms in total. The molecule has 0 aliphatic heterocycles. The molecule has 0 bridgehead atoms. The smallest absolute Gasteiger partial charge is 0.306 e. The molecular weight excluding hydrogens is 620 g/mol. The highest BCUT2D eigenvalue weighted by atomic mass is 16.6. The zero-order valence-electron chi connectivity index (χ0n) is 34.3. The zero-order valence-corrected chi connectivity index (χ0v) is 34.3. The summed E-state index contributed by atoms with van der Waals surface area (Å²) in [6.45, 7) is 8.94. The predicted molar refractivity (Wildman–Crippen MR) is 215 cm³/mol. The number of carbonyl (C=O) groups excluding carboxylic acids is 2. The fourth-order valence-electron chi connectivity index (χ4n) is 6.80. The van der Waals surface area contributed by atoms with E-state index in [1.165, 1.54) is 173 Å². The Kier molecular flexibility index (Phi) is 38.3. The van der Waals surface area contributed by atoms with E-state index >= 15 is 0 Å². The molecule has 0 amide bonds. The van der Waals surface area contributed by atoms with Gasteiger partial charge in [-0.3, -0.25) is 9.59 Å². The first kappa shape index (κ1) is 48.9. The number of aliphatic hydroxyl groups excluding tert-OH is 1. The molecule has 2 unspecified atom stereocenters. The van der Waals surface area contributed by atoms with Crippen LogP contribution in [0.1, 0.15) is 246 Å². The third-order valence-electron chi connectivity index (χ3n) is 11.0. The van der Waals surface area contributed by atoms with E-state index in [-0.39, 0.29) is 25.2 Å². The maximum Gasteiger partial charge on any atom is 0.306 e. The fraction of sp³-hybridized carbons (Fsp3) is 0.956. The molecule has 0 fully saturated rings. The van der Waals surface area contributed by atoms with Gasteiger partial charge in [0.25, 0.3) is 0 Å². The van der Waals surface area contributed by atoms with Gasteiger partial charge in [0.05, 0.1) is 6.61 Å². The van der Waals surface area contributed by atoms with E-state index in [9.17, 15) is 14.7 Å². The zero-order chi connectivity index (χ0) is 36.8. The molecule has 298 valence electrons. The number of carbonyl (C=O) groups is 2. The number of unbranched alkanes of at least 4 members (excludes halogenated alkanes) is 26. The summed E-state index contributed by atoms with van der Waals surface area (Å²) in [5.74, 6) is 1.22. The molecule has 0 heterocycles. The van der Waals surface area contributed by atoms with Crippen LogP contribution in [0.2, 0.25) is 0 Å². The lowest BCUT2D eigenvalue weighted by atomic mass is 9.99. The van der Waals surface area contributed by atoms with Gasteiger partial charge in [-0.25, -0.2) is 0 Å². The third kappa shape index (κ3) is 36.7. The van der Waals surface area contributed by atoms with Gasteiger partial charge in [-0.2, -0.15) is 0 Å². The van der Waals surface area contributed by atoms with Crippen molar-refractivity contribution in [1.29, 1.82) is 0 Å². The van der Waals surface area contributed by atoms with E-state index < -0.39 is 6.10 Å². The molecule has 0 saturated carbocycles. The lowest BCUT2D eigenvalue weighted by Gasteiger charge is -2.15. The molecule has 1 N–H and O–H groups in total. The monoisotopic (exact) mass is 709 g/mol. The van der Waals surface area contributed by atoms with E-state index in [1.807, 2.05) is 0 Å². The van der Waals surface area contributed by atoms with E-state index in [0.29, 0.717) is 12.8 Å². The highest BCUT2D eigenvalue weighted by Crippen LogP contribution is 2.18. The second-order valence-corrected chi connectivity index (χ2v) is 16.0. The molecule has 0 aromatic carbocycles. The Labute approximate surface area is 312 Å². The van der Waals surface area contributed by atoms with Gasteiger partial charge in [0.2, 0.25) is 0 Å². The Bertz CT molecular complexity index is 710. The van der Waals surface area contributed by atoms with Crippen LogP contribution in [0.5, 0.6) is 0 Å². The maximum absolute atomic E-state index is 12.2. The molecule has 0 aromatic heterocycles. The number of ether oxygens (including phenoxy) is 2. The van der Waals surface area contributed by atoms with Crippen molar-refractivity contribution < 1.29 is 24.2 Å². The predicted octanol–water partition coefficient (Wildman–Crippen LogP) is 14.0. The van der Waals surface area contributed by atoms with E-state index in [2.05, 4.69) is 27.7 Å². The average Bonchev–Trinajstić information content (AvgIpc) is 3.12. The van der Waals surface area contributed by atoms with Crippen LogP contribution in [-0.2, 0) is 19.1 Å². The molecular formula is C45H88O5. The molecule has 50 heavy (non-hydrogen) atoms. The van der Waals surface area contributed by atoms with Crippen LogP contribution in [0.3, 0.4) is 0 Å². The van der Waals surface area contributed by atoms with Gasteiger partial charge in [-0.1, -0.05) is 220 Å². The standard InChI is InChI=1S/C45H88O5/c1-5-41(3)35-31-27-23-19-15-13-11-9-7-8-10-12-14-16-21-25-29-33-37-44(47)49-40-43(39-46)50-45(48)38-34-30-26-22-18-17-20-24-28-32-36-42(4)6-2/h41-43,46H,5-40H2,1-4H3/t41?,42?,43-/m0/s1. The minimum absolute atomic E-state index is 0.0581. The maximum atomic E-state index is 12.2. The summed E-state index contributed by atoms with van der Waals surface area (Å²) < 4.78 is 10.6.